The minimum absolute atomic E-state index is 0.0179. The second kappa shape index (κ2) is 10.4. The molecule has 2 rings (SSSR count). The number of nitrogens with zero attached hydrogens (tertiary/aromatic N) is 1. The fourth-order valence-electron chi connectivity index (χ4n) is 2.07. The molecule has 0 heterocycles. The van der Waals surface area contributed by atoms with Crippen LogP contribution >= 0.6 is 11.6 Å². The van der Waals surface area contributed by atoms with Gasteiger partial charge in [-0.1, -0.05) is 23.7 Å². The van der Waals surface area contributed by atoms with Crippen LogP contribution in [0.25, 0.3) is 0 Å². The Balaban J connectivity index is 1.87. The van der Waals surface area contributed by atoms with Crippen molar-refractivity contribution in [3.63, 3.8) is 0 Å². The van der Waals surface area contributed by atoms with Crippen LogP contribution in [0.4, 0.5) is 10.1 Å². The molecule has 2 aromatic carbocycles. The van der Waals surface area contributed by atoms with Crippen molar-refractivity contribution in [2.24, 2.45) is 5.16 Å². The summed E-state index contributed by atoms with van der Waals surface area (Å²) in [5.41, 5.74) is 0.726. The lowest BCUT2D eigenvalue weighted by Crippen LogP contribution is -2.17. The van der Waals surface area contributed by atoms with Gasteiger partial charge in [0.05, 0.1) is 25.6 Å². The van der Waals surface area contributed by atoms with Crippen molar-refractivity contribution in [2.45, 2.75) is 13.3 Å². The fourth-order valence-corrected chi connectivity index (χ4v) is 2.23. The quantitative estimate of drug-likeness (QED) is 0.509. The van der Waals surface area contributed by atoms with E-state index in [2.05, 4.69) is 10.5 Å². The molecule has 144 valence electrons. The van der Waals surface area contributed by atoms with E-state index in [4.69, 9.17) is 25.9 Å². The molecule has 6 nitrogen and oxygen atoms in total. The number of amides is 1. The maximum atomic E-state index is 13.6. The van der Waals surface area contributed by atoms with Crippen LogP contribution in [0.3, 0.4) is 0 Å². The number of halogens is 2. The number of methoxy groups -OCH3 is 1. The highest BCUT2D eigenvalue weighted by atomic mass is 35.5. The van der Waals surface area contributed by atoms with Crippen molar-refractivity contribution in [1.82, 2.24) is 0 Å². The van der Waals surface area contributed by atoms with Crippen LogP contribution in [0, 0.1) is 5.82 Å². The Bertz CT molecular complexity index is 814. The zero-order valence-corrected chi connectivity index (χ0v) is 15.8. The monoisotopic (exact) mass is 394 g/mol. The number of hydrogen-bond donors (Lipinski definition) is 1. The Hall–Kier alpha value is -2.80. The van der Waals surface area contributed by atoms with Crippen molar-refractivity contribution in [2.75, 3.05) is 25.6 Å². The summed E-state index contributed by atoms with van der Waals surface area (Å²) in [5, 5.41) is 6.35. The van der Waals surface area contributed by atoms with Gasteiger partial charge in [-0.15, -0.1) is 0 Å². The lowest BCUT2D eigenvalue weighted by Gasteiger charge is -2.10. The van der Waals surface area contributed by atoms with Gasteiger partial charge in [0.2, 0.25) is 0 Å². The van der Waals surface area contributed by atoms with Crippen molar-refractivity contribution >= 4 is 29.4 Å². The third-order valence-electron chi connectivity index (χ3n) is 3.33. The van der Waals surface area contributed by atoms with Gasteiger partial charge in [-0.3, -0.25) is 4.79 Å². The van der Waals surface area contributed by atoms with E-state index in [9.17, 15) is 9.18 Å². The SMILES string of the molecule is CCCOc1ccc(/C=N\OCC(=O)Nc2ccc(Cl)cc2F)cc1OC. The van der Waals surface area contributed by atoms with Crippen molar-refractivity contribution in [1.29, 1.82) is 0 Å². The summed E-state index contributed by atoms with van der Waals surface area (Å²) < 4.78 is 24.5. The van der Waals surface area contributed by atoms with Crippen LogP contribution in [-0.4, -0.2) is 32.4 Å². The van der Waals surface area contributed by atoms with Crippen molar-refractivity contribution in [3.05, 3.63) is 52.8 Å². The molecule has 0 bridgehead atoms. The van der Waals surface area contributed by atoms with Crippen LogP contribution in [0.5, 0.6) is 11.5 Å². The van der Waals surface area contributed by atoms with Gasteiger partial charge in [0.1, 0.15) is 5.82 Å². The lowest BCUT2D eigenvalue weighted by atomic mass is 10.2. The first-order valence-corrected chi connectivity index (χ1v) is 8.62. The number of rotatable bonds is 9. The number of anilines is 1. The summed E-state index contributed by atoms with van der Waals surface area (Å²) in [4.78, 5) is 16.7. The molecule has 0 atom stereocenters. The van der Waals surface area contributed by atoms with Crippen LogP contribution in [0.15, 0.2) is 41.6 Å². The molecule has 1 N–H and O–H groups in total. The summed E-state index contributed by atoms with van der Waals surface area (Å²) in [6.45, 7) is 2.24. The number of ether oxygens (including phenoxy) is 2. The first-order valence-electron chi connectivity index (χ1n) is 8.24. The van der Waals surface area contributed by atoms with Gasteiger partial charge in [0.25, 0.3) is 5.91 Å². The molecule has 0 fully saturated rings. The van der Waals surface area contributed by atoms with Gasteiger partial charge in [-0.25, -0.2) is 4.39 Å². The first kappa shape index (κ1) is 20.5. The summed E-state index contributed by atoms with van der Waals surface area (Å²) in [7, 11) is 1.55. The smallest absolute Gasteiger partial charge is 0.265 e. The summed E-state index contributed by atoms with van der Waals surface area (Å²) >= 11 is 5.66. The Labute approximate surface area is 161 Å². The number of oxime groups is 1. The highest BCUT2D eigenvalue weighted by Gasteiger charge is 2.08. The predicted octanol–water partition coefficient (Wildman–Crippen LogP) is 4.27. The molecule has 0 aliphatic heterocycles. The normalized spacial score (nSPS) is 10.7. The average Bonchev–Trinajstić information content (AvgIpc) is 2.66. The van der Waals surface area contributed by atoms with Gasteiger partial charge in [0.15, 0.2) is 18.1 Å². The Kier molecular flexibility index (Phi) is 7.88. The topological polar surface area (TPSA) is 69.2 Å². The molecule has 0 aliphatic rings. The molecular weight excluding hydrogens is 375 g/mol. The highest BCUT2D eigenvalue weighted by Crippen LogP contribution is 2.27. The molecule has 2 aromatic rings. The van der Waals surface area contributed by atoms with Gasteiger partial charge < -0.3 is 19.6 Å². The Morgan fingerprint density at radius 1 is 1.26 bits per heavy atom. The average molecular weight is 395 g/mol. The lowest BCUT2D eigenvalue weighted by molar-refractivity contribution is -0.120. The van der Waals surface area contributed by atoms with Crippen LogP contribution in [-0.2, 0) is 9.63 Å². The third kappa shape index (κ3) is 6.45. The summed E-state index contributed by atoms with van der Waals surface area (Å²) in [5.74, 6) is 0.0382. The third-order valence-corrected chi connectivity index (χ3v) is 3.56. The zero-order chi connectivity index (χ0) is 19.6. The van der Waals surface area contributed by atoms with Gasteiger partial charge >= 0.3 is 0 Å². The van der Waals surface area contributed by atoms with Gasteiger partial charge in [0, 0.05) is 10.6 Å². The number of carbonyl (C=O) groups is 1. The van der Waals surface area contributed by atoms with Crippen LogP contribution < -0.4 is 14.8 Å². The second-order valence-electron chi connectivity index (χ2n) is 5.44. The van der Waals surface area contributed by atoms with E-state index in [1.54, 1.807) is 25.3 Å². The maximum absolute atomic E-state index is 13.6. The molecule has 0 saturated heterocycles. The highest BCUT2D eigenvalue weighted by molar-refractivity contribution is 6.30. The van der Waals surface area contributed by atoms with E-state index in [1.165, 1.54) is 18.3 Å². The standard InChI is InChI=1S/C19H20ClFN2O4/c1-3-8-26-17-7-4-13(9-18(17)25-2)11-22-27-12-19(24)23-16-6-5-14(20)10-15(16)21/h4-7,9-11H,3,8,12H2,1-2H3,(H,23,24)/b22-11-. The van der Waals surface area contributed by atoms with Crippen molar-refractivity contribution < 1.29 is 23.5 Å². The number of carbonyl (C=O) groups excluding carboxylic acids is 1. The molecule has 0 spiro atoms. The second-order valence-corrected chi connectivity index (χ2v) is 5.88. The van der Waals surface area contributed by atoms with E-state index >= 15 is 0 Å². The number of hydrogen-bond acceptors (Lipinski definition) is 5. The largest absolute Gasteiger partial charge is 0.493 e. The summed E-state index contributed by atoms with van der Waals surface area (Å²) in [6, 6.07) is 9.24. The van der Waals surface area contributed by atoms with E-state index in [-0.39, 0.29) is 17.3 Å². The minimum Gasteiger partial charge on any atom is -0.493 e. The fraction of sp³-hybridized carbons (Fsp3) is 0.263. The van der Waals surface area contributed by atoms with E-state index in [0.29, 0.717) is 23.7 Å². The van der Waals surface area contributed by atoms with Gasteiger partial charge in [-0.2, -0.15) is 0 Å². The predicted molar refractivity (Wildman–Crippen MR) is 102 cm³/mol. The maximum Gasteiger partial charge on any atom is 0.265 e. The van der Waals surface area contributed by atoms with Crippen molar-refractivity contribution in [3.8, 4) is 11.5 Å². The zero-order valence-electron chi connectivity index (χ0n) is 15.0. The molecular formula is C19H20ClFN2O4. The first-order chi connectivity index (χ1) is 13.0. The van der Waals surface area contributed by atoms with Gasteiger partial charge in [-0.05, 0) is 42.8 Å². The molecule has 8 heteroatoms. The minimum atomic E-state index is -0.628. The number of benzene rings is 2. The molecule has 0 aliphatic carbocycles. The van der Waals surface area contributed by atoms with Crippen LogP contribution in [0.2, 0.25) is 5.02 Å². The van der Waals surface area contributed by atoms with E-state index in [0.717, 1.165) is 12.5 Å². The van der Waals surface area contributed by atoms with E-state index < -0.39 is 11.7 Å². The molecule has 0 aromatic heterocycles. The molecule has 1 amide bonds. The molecule has 0 radical (unpaired) electrons. The summed E-state index contributed by atoms with van der Waals surface area (Å²) in [6.07, 6.45) is 2.32. The Morgan fingerprint density at radius 2 is 2.07 bits per heavy atom. The molecule has 27 heavy (non-hydrogen) atoms. The van der Waals surface area contributed by atoms with E-state index in [1.807, 2.05) is 6.92 Å². The van der Waals surface area contributed by atoms with Crippen LogP contribution in [0.1, 0.15) is 18.9 Å². The molecule has 0 unspecified atom stereocenters. The molecule has 0 saturated carbocycles. The Morgan fingerprint density at radius 3 is 2.78 bits per heavy atom. The number of nitrogens with one attached hydrogen (secondary N) is 1.